The van der Waals surface area contributed by atoms with Crippen LogP contribution in [-0.4, -0.2) is 27.5 Å². The minimum absolute atomic E-state index is 0.595. The average molecular weight is 285 g/mol. The number of aliphatic imine (C=N–C) groups is 1. The average Bonchev–Trinajstić information content (AvgIpc) is 2.90. The van der Waals surface area contributed by atoms with Gasteiger partial charge in [-0.05, 0) is 31.2 Å². The Hall–Kier alpha value is -2.39. The molecule has 0 saturated heterocycles. The summed E-state index contributed by atoms with van der Waals surface area (Å²) in [4.78, 5) is 4.34. The number of aryl methyl sites for hydroxylation is 1. The Morgan fingerprint density at radius 2 is 2.29 bits per heavy atom. The number of allylic oxidation sites excluding steroid dienone is 4. The Morgan fingerprint density at radius 3 is 2.76 bits per heavy atom. The minimum atomic E-state index is 0.595. The highest BCUT2D eigenvalue weighted by Crippen LogP contribution is 2.16. The fourth-order valence-electron chi connectivity index (χ4n) is 1.90. The van der Waals surface area contributed by atoms with Crippen molar-refractivity contribution in [2.45, 2.75) is 26.7 Å². The highest BCUT2D eigenvalue weighted by molar-refractivity contribution is 6.03. The molecule has 2 N–H and O–H groups in total. The second-order valence-corrected chi connectivity index (χ2v) is 4.46. The van der Waals surface area contributed by atoms with Crippen molar-refractivity contribution in [2.75, 3.05) is 7.05 Å². The van der Waals surface area contributed by atoms with Crippen LogP contribution in [0.5, 0.6) is 0 Å². The van der Waals surface area contributed by atoms with E-state index in [0.717, 1.165) is 29.1 Å². The summed E-state index contributed by atoms with van der Waals surface area (Å²) in [5.74, 6) is 0.851. The summed E-state index contributed by atoms with van der Waals surface area (Å²) in [5, 5.41) is 8.00. The molecule has 1 aromatic rings. The molecule has 1 aromatic heterocycles. The molecular weight excluding hydrogens is 262 g/mol. The van der Waals surface area contributed by atoms with Gasteiger partial charge in [0.15, 0.2) is 0 Å². The van der Waals surface area contributed by atoms with E-state index in [1.165, 1.54) is 0 Å². The molecule has 0 spiro atoms. The smallest absolute Gasteiger partial charge is 0.137 e. The topological polar surface area (TPSA) is 69.1 Å². The molecule has 0 fully saturated rings. The molecule has 5 nitrogen and oxygen atoms in total. The van der Waals surface area contributed by atoms with E-state index < -0.39 is 0 Å². The molecule has 5 heteroatoms. The normalized spacial score (nSPS) is 12.6. The van der Waals surface area contributed by atoms with Gasteiger partial charge in [0.25, 0.3) is 0 Å². The molecule has 0 aliphatic rings. The van der Waals surface area contributed by atoms with Crippen molar-refractivity contribution < 1.29 is 0 Å². The van der Waals surface area contributed by atoms with E-state index in [1.54, 1.807) is 19.6 Å². The largest absolute Gasteiger partial charge is 0.404 e. The zero-order chi connectivity index (χ0) is 15.7. The molecule has 0 aliphatic carbocycles. The maximum atomic E-state index is 5.82. The Kier molecular flexibility index (Phi) is 6.92. The van der Waals surface area contributed by atoms with Gasteiger partial charge >= 0.3 is 0 Å². The van der Waals surface area contributed by atoms with Gasteiger partial charge in [-0.1, -0.05) is 19.1 Å². The van der Waals surface area contributed by atoms with Crippen LogP contribution < -0.4 is 5.73 Å². The number of aromatic nitrogens is 3. The van der Waals surface area contributed by atoms with Crippen LogP contribution in [0.3, 0.4) is 0 Å². The van der Waals surface area contributed by atoms with E-state index in [-0.39, 0.29) is 0 Å². The van der Waals surface area contributed by atoms with Crippen LogP contribution in [0.2, 0.25) is 0 Å². The first kappa shape index (κ1) is 16.7. The highest BCUT2D eigenvalue weighted by atomic mass is 15.2. The fraction of sp³-hybridized carbons (Fsp3) is 0.375. The molecule has 0 bridgehead atoms. The summed E-state index contributed by atoms with van der Waals surface area (Å²) in [6, 6.07) is 0. The second kappa shape index (κ2) is 8.72. The summed E-state index contributed by atoms with van der Waals surface area (Å²) in [6.45, 7) is 4.03. The zero-order valence-electron chi connectivity index (χ0n) is 13.2. The molecule has 0 amide bonds. The van der Waals surface area contributed by atoms with Crippen molar-refractivity contribution in [3.63, 3.8) is 0 Å². The number of nitrogens with two attached hydrogens (primary N) is 1. The molecule has 1 rings (SSSR count). The maximum Gasteiger partial charge on any atom is 0.137 e. The lowest BCUT2D eigenvalue weighted by molar-refractivity contribution is 0.818. The van der Waals surface area contributed by atoms with Crippen molar-refractivity contribution in [1.82, 2.24) is 14.8 Å². The summed E-state index contributed by atoms with van der Waals surface area (Å²) < 4.78 is 1.88. The van der Waals surface area contributed by atoms with Crippen LogP contribution in [0, 0.1) is 0 Å². The third-order valence-corrected chi connectivity index (χ3v) is 3.09. The Bertz CT molecular complexity index is 610. The van der Waals surface area contributed by atoms with Crippen molar-refractivity contribution in [3.05, 3.63) is 53.5 Å². The van der Waals surface area contributed by atoms with Crippen molar-refractivity contribution in [3.8, 4) is 0 Å². The molecular formula is C16H23N5. The number of rotatable bonds is 6. The van der Waals surface area contributed by atoms with E-state index in [2.05, 4.69) is 27.8 Å². The lowest BCUT2D eigenvalue weighted by Crippen LogP contribution is -2.10. The third-order valence-electron chi connectivity index (χ3n) is 3.09. The molecule has 1 heterocycles. The molecule has 0 aromatic carbocycles. The summed E-state index contributed by atoms with van der Waals surface area (Å²) >= 11 is 0. The molecule has 0 aliphatic heterocycles. The van der Waals surface area contributed by atoms with Gasteiger partial charge in [-0.3, -0.25) is 4.99 Å². The third kappa shape index (κ3) is 4.58. The van der Waals surface area contributed by atoms with E-state index in [4.69, 9.17) is 5.73 Å². The van der Waals surface area contributed by atoms with Gasteiger partial charge in [-0.2, -0.15) is 0 Å². The van der Waals surface area contributed by atoms with Crippen LogP contribution in [0.15, 0.2) is 52.6 Å². The first-order valence-electron chi connectivity index (χ1n) is 6.95. The Morgan fingerprint density at radius 1 is 1.52 bits per heavy atom. The molecule has 0 atom stereocenters. The van der Waals surface area contributed by atoms with Crippen LogP contribution in [0.4, 0.5) is 0 Å². The quantitative estimate of drug-likeness (QED) is 0.495. The van der Waals surface area contributed by atoms with Gasteiger partial charge < -0.3 is 10.3 Å². The highest BCUT2D eigenvalue weighted by Gasteiger charge is 2.13. The van der Waals surface area contributed by atoms with Gasteiger partial charge in [0.2, 0.25) is 0 Å². The van der Waals surface area contributed by atoms with Gasteiger partial charge in [0.05, 0.1) is 0 Å². The lowest BCUT2D eigenvalue weighted by Gasteiger charge is -2.10. The molecule has 0 unspecified atom stereocenters. The van der Waals surface area contributed by atoms with Crippen LogP contribution in [-0.2, 0) is 13.5 Å². The maximum absolute atomic E-state index is 5.82. The SMILES string of the molecule is C/C=C/C=C=C(C(CC)=NC)/C(=C/N)Cc1nncn1C. The number of nitrogens with zero attached hydrogens (tertiary/aromatic N) is 4. The van der Waals surface area contributed by atoms with Gasteiger partial charge in [-0.25, -0.2) is 0 Å². The standard InChI is InChI=1S/C16H23N5/c1-5-7-8-9-14(15(6-2)18-3)13(11-17)10-16-20-19-12-21(16)4/h5,7-8,11-12H,6,10,17H2,1-4H3/b7-5+,13-11+,18-15?. The molecule has 21 heavy (non-hydrogen) atoms. The monoisotopic (exact) mass is 285 g/mol. The summed E-state index contributed by atoms with van der Waals surface area (Å²) in [5.41, 5.74) is 11.9. The van der Waals surface area contributed by atoms with Crippen LogP contribution in [0.25, 0.3) is 0 Å². The van der Waals surface area contributed by atoms with Gasteiger partial charge in [0.1, 0.15) is 12.2 Å². The Labute approximate surface area is 126 Å². The molecule has 0 saturated carbocycles. The Balaban J connectivity index is 3.23. The predicted octanol–water partition coefficient (Wildman–Crippen LogP) is 2.34. The van der Waals surface area contributed by atoms with E-state index in [1.807, 2.05) is 36.8 Å². The van der Waals surface area contributed by atoms with Crippen LogP contribution in [0.1, 0.15) is 26.1 Å². The zero-order valence-corrected chi connectivity index (χ0v) is 13.2. The fourth-order valence-corrected chi connectivity index (χ4v) is 1.90. The molecule has 112 valence electrons. The molecule has 0 radical (unpaired) electrons. The van der Waals surface area contributed by atoms with Crippen LogP contribution >= 0.6 is 0 Å². The van der Waals surface area contributed by atoms with Gasteiger partial charge in [-0.15, -0.1) is 15.9 Å². The predicted molar refractivity (Wildman–Crippen MR) is 87.0 cm³/mol. The summed E-state index contributed by atoms with van der Waals surface area (Å²) in [7, 11) is 3.70. The van der Waals surface area contributed by atoms with Crippen molar-refractivity contribution >= 4 is 5.71 Å². The van der Waals surface area contributed by atoms with E-state index in [0.29, 0.717) is 6.42 Å². The number of hydrogen-bond donors (Lipinski definition) is 1. The first-order valence-corrected chi connectivity index (χ1v) is 6.95. The lowest BCUT2D eigenvalue weighted by atomic mass is 9.97. The second-order valence-electron chi connectivity index (χ2n) is 4.46. The minimum Gasteiger partial charge on any atom is -0.404 e. The summed E-state index contributed by atoms with van der Waals surface area (Å²) in [6.07, 6.45) is 10.4. The van der Waals surface area contributed by atoms with Crippen molar-refractivity contribution in [2.24, 2.45) is 17.8 Å². The first-order chi connectivity index (χ1) is 10.2. The van der Waals surface area contributed by atoms with E-state index >= 15 is 0 Å². The number of hydrogen-bond acceptors (Lipinski definition) is 4. The van der Waals surface area contributed by atoms with E-state index in [9.17, 15) is 0 Å². The van der Waals surface area contributed by atoms with Crippen molar-refractivity contribution in [1.29, 1.82) is 0 Å². The van der Waals surface area contributed by atoms with Gasteiger partial charge in [0, 0.05) is 31.8 Å².